The Morgan fingerprint density at radius 2 is 1.94 bits per heavy atom. The molecule has 0 spiro atoms. The molecule has 1 saturated carbocycles. The Labute approximate surface area is 103 Å². The summed E-state index contributed by atoms with van der Waals surface area (Å²) in [6, 6.07) is 10.4. The van der Waals surface area contributed by atoms with Gasteiger partial charge in [-0.3, -0.25) is 0 Å². The lowest BCUT2D eigenvalue weighted by atomic mass is 10.1. The predicted octanol–water partition coefficient (Wildman–Crippen LogP) is 2.36. The Bertz CT molecular complexity index is 291. The van der Waals surface area contributed by atoms with Gasteiger partial charge in [0.2, 0.25) is 0 Å². The van der Waals surface area contributed by atoms with Gasteiger partial charge in [0.25, 0.3) is 0 Å². The van der Waals surface area contributed by atoms with E-state index in [9.17, 15) is 5.11 Å². The van der Waals surface area contributed by atoms with Crippen LogP contribution < -0.4 is 5.32 Å². The van der Waals surface area contributed by atoms with Crippen LogP contribution >= 0.6 is 12.4 Å². The van der Waals surface area contributed by atoms with E-state index in [1.165, 1.54) is 18.4 Å². The van der Waals surface area contributed by atoms with E-state index in [-0.39, 0.29) is 18.5 Å². The number of hydrogen-bond acceptors (Lipinski definition) is 2. The molecule has 3 heteroatoms. The third kappa shape index (κ3) is 3.78. The number of hydrogen-bond donors (Lipinski definition) is 2. The first-order valence-corrected chi connectivity index (χ1v) is 5.79. The molecule has 2 nitrogen and oxygen atoms in total. The molecule has 0 bridgehead atoms. The summed E-state index contributed by atoms with van der Waals surface area (Å²) in [5.41, 5.74) is 1.31. The molecule has 0 heterocycles. The Hall–Kier alpha value is -0.570. The molecule has 1 fully saturated rings. The van der Waals surface area contributed by atoms with Gasteiger partial charge in [-0.25, -0.2) is 0 Å². The van der Waals surface area contributed by atoms with E-state index < -0.39 is 0 Å². The lowest BCUT2D eigenvalue weighted by molar-refractivity contribution is 0.131. The van der Waals surface area contributed by atoms with Gasteiger partial charge in [0.05, 0.1) is 6.10 Å². The largest absolute Gasteiger partial charge is 0.393 e. The SMILES string of the molecule is Cl.OC1CCCC1CNCc1ccccc1. The summed E-state index contributed by atoms with van der Waals surface area (Å²) in [4.78, 5) is 0. The molecule has 2 rings (SSSR count). The van der Waals surface area contributed by atoms with Crippen LogP contribution in [0.25, 0.3) is 0 Å². The Balaban J connectivity index is 0.00000128. The standard InChI is InChI=1S/C13H19NO.ClH/c15-13-8-4-7-12(13)10-14-9-11-5-2-1-3-6-11;/h1-3,5-6,12-15H,4,7-10H2;1H. The maximum absolute atomic E-state index is 9.65. The van der Waals surface area contributed by atoms with Gasteiger partial charge in [0.1, 0.15) is 0 Å². The molecule has 0 amide bonds. The highest BCUT2D eigenvalue weighted by atomic mass is 35.5. The van der Waals surface area contributed by atoms with Crippen LogP contribution in [0.2, 0.25) is 0 Å². The van der Waals surface area contributed by atoms with Crippen LogP contribution in [0.1, 0.15) is 24.8 Å². The smallest absolute Gasteiger partial charge is 0.0580 e. The molecule has 16 heavy (non-hydrogen) atoms. The summed E-state index contributed by atoms with van der Waals surface area (Å²) in [6.07, 6.45) is 3.26. The first kappa shape index (κ1) is 13.5. The summed E-state index contributed by atoms with van der Waals surface area (Å²) in [5.74, 6) is 0.466. The molecular weight excluding hydrogens is 222 g/mol. The molecule has 1 aliphatic carbocycles. The fourth-order valence-electron chi connectivity index (χ4n) is 2.25. The monoisotopic (exact) mass is 241 g/mol. The number of nitrogens with one attached hydrogen (secondary N) is 1. The van der Waals surface area contributed by atoms with E-state index in [0.29, 0.717) is 5.92 Å². The van der Waals surface area contributed by atoms with E-state index in [0.717, 1.165) is 19.5 Å². The summed E-state index contributed by atoms with van der Waals surface area (Å²) >= 11 is 0. The van der Waals surface area contributed by atoms with Crippen molar-refractivity contribution in [2.24, 2.45) is 5.92 Å². The Kier molecular flexibility index (Phi) is 5.81. The van der Waals surface area contributed by atoms with Crippen LogP contribution in [0.3, 0.4) is 0 Å². The van der Waals surface area contributed by atoms with Crippen LogP contribution in [0, 0.1) is 5.92 Å². The highest BCUT2D eigenvalue weighted by Gasteiger charge is 2.24. The van der Waals surface area contributed by atoms with Gasteiger partial charge in [-0.2, -0.15) is 0 Å². The van der Waals surface area contributed by atoms with Crippen molar-refractivity contribution < 1.29 is 5.11 Å². The average molecular weight is 242 g/mol. The van der Waals surface area contributed by atoms with Crippen LogP contribution in [-0.4, -0.2) is 17.8 Å². The number of aliphatic hydroxyl groups is 1. The maximum Gasteiger partial charge on any atom is 0.0580 e. The van der Waals surface area contributed by atoms with Crippen LogP contribution in [-0.2, 0) is 6.54 Å². The minimum Gasteiger partial charge on any atom is -0.393 e. The van der Waals surface area contributed by atoms with Crippen molar-refractivity contribution in [2.45, 2.75) is 31.9 Å². The molecule has 0 saturated heterocycles. The van der Waals surface area contributed by atoms with Crippen LogP contribution in [0.5, 0.6) is 0 Å². The molecule has 0 aliphatic heterocycles. The molecule has 1 aliphatic rings. The zero-order chi connectivity index (χ0) is 10.5. The van der Waals surface area contributed by atoms with Gasteiger partial charge in [0, 0.05) is 13.1 Å². The van der Waals surface area contributed by atoms with Crippen molar-refractivity contribution in [1.82, 2.24) is 5.32 Å². The minimum absolute atomic E-state index is 0. The fraction of sp³-hybridized carbons (Fsp3) is 0.538. The van der Waals surface area contributed by atoms with Gasteiger partial charge in [-0.05, 0) is 24.3 Å². The summed E-state index contributed by atoms with van der Waals surface area (Å²) in [7, 11) is 0. The average Bonchev–Trinajstić information content (AvgIpc) is 2.66. The third-order valence-electron chi connectivity index (χ3n) is 3.20. The van der Waals surface area contributed by atoms with Crippen LogP contribution in [0.15, 0.2) is 30.3 Å². The number of halogens is 1. The zero-order valence-electron chi connectivity index (χ0n) is 9.43. The second kappa shape index (κ2) is 6.89. The predicted molar refractivity (Wildman–Crippen MR) is 68.7 cm³/mol. The Morgan fingerprint density at radius 3 is 2.56 bits per heavy atom. The van der Waals surface area contributed by atoms with E-state index in [2.05, 4.69) is 29.6 Å². The second-order valence-corrected chi connectivity index (χ2v) is 4.37. The molecule has 1 aromatic rings. The highest BCUT2D eigenvalue weighted by Crippen LogP contribution is 2.24. The zero-order valence-corrected chi connectivity index (χ0v) is 10.2. The molecule has 2 N–H and O–H groups in total. The quantitative estimate of drug-likeness (QED) is 0.848. The molecule has 2 atom stereocenters. The van der Waals surface area contributed by atoms with Crippen molar-refractivity contribution in [3.8, 4) is 0 Å². The number of rotatable bonds is 4. The first-order chi connectivity index (χ1) is 7.36. The summed E-state index contributed by atoms with van der Waals surface area (Å²) in [6.45, 7) is 1.85. The van der Waals surface area contributed by atoms with Gasteiger partial charge in [-0.1, -0.05) is 36.8 Å². The molecule has 90 valence electrons. The van der Waals surface area contributed by atoms with E-state index in [1.54, 1.807) is 0 Å². The molecule has 0 radical (unpaired) electrons. The van der Waals surface area contributed by atoms with Gasteiger partial charge in [-0.15, -0.1) is 12.4 Å². The highest BCUT2D eigenvalue weighted by molar-refractivity contribution is 5.85. The van der Waals surface area contributed by atoms with Gasteiger partial charge < -0.3 is 10.4 Å². The van der Waals surface area contributed by atoms with E-state index in [4.69, 9.17) is 0 Å². The molecule has 2 unspecified atom stereocenters. The van der Waals surface area contributed by atoms with Gasteiger partial charge in [0.15, 0.2) is 0 Å². The summed E-state index contributed by atoms with van der Waals surface area (Å²) < 4.78 is 0. The topological polar surface area (TPSA) is 32.3 Å². The molecular formula is C13H20ClNO. The van der Waals surface area contributed by atoms with Gasteiger partial charge >= 0.3 is 0 Å². The normalized spacial score (nSPS) is 24.1. The lowest BCUT2D eigenvalue weighted by Crippen LogP contribution is -2.27. The lowest BCUT2D eigenvalue weighted by Gasteiger charge is -2.14. The summed E-state index contributed by atoms with van der Waals surface area (Å²) in [5, 5.41) is 13.1. The van der Waals surface area contributed by atoms with Crippen molar-refractivity contribution >= 4 is 12.4 Å². The van der Waals surface area contributed by atoms with E-state index >= 15 is 0 Å². The van der Waals surface area contributed by atoms with Crippen molar-refractivity contribution in [3.63, 3.8) is 0 Å². The maximum atomic E-state index is 9.65. The number of aliphatic hydroxyl groups excluding tert-OH is 1. The Morgan fingerprint density at radius 1 is 1.19 bits per heavy atom. The molecule has 1 aromatic carbocycles. The minimum atomic E-state index is -0.0757. The van der Waals surface area contributed by atoms with Crippen molar-refractivity contribution in [3.05, 3.63) is 35.9 Å². The third-order valence-corrected chi connectivity index (χ3v) is 3.20. The second-order valence-electron chi connectivity index (χ2n) is 4.37. The fourth-order valence-corrected chi connectivity index (χ4v) is 2.25. The van der Waals surface area contributed by atoms with Crippen LogP contribution in [0.4, 0.5) is 0 Å². The van der Waals surface area contributed by atoms with E-state index in [1.807, 2.05) is 6.07 Å². The van der Waals surface area contributed by atoms with Crippen molar-refractivity contribution in [1.29, 1.82) is 0 Å². The molecule has 0 aromatic heterocycles. The van der Waals surface area contributed by atoms with Crippen molar-refractivity contribution in [2.75, 3.05) is 6.54 Å². The first-order valence-electron chi connectivity index (χ1n) is 5.79. The number of benzene rings is 1.